The van der Waals surface area contributed by atoms with E-state index >= 15 is 0 Å². The quantitative estimate of drug-likeness (QED) is 0.363. The smallest absolute Gasteiger partial charge is 0.417 e. The molecule has 0 saturated carbocycles. The molecule has 8 nitrogen and oxygen atoms in total. The van der Waals surface area contributed by atoms with Gasteiger partial charge in [-0.2, -0.15) is 13.2 Å². The molecule has 0 radical (unpaired) electrons. The summed E-state index contributed by atoms with van der Waals surface area (Å²) < 4.78 is 44.6. The summed E-state index contributed by atoms with van der Waals surface area (Å²) in [6.07, 6.45) is -4.71. The fraction of sp³-hybridized carbons (Fsp3) is 0.136. The lowest BCUT2D eigenvalue weighted by molar-refractivity contribution is -0.137. The van der Waals surface area contributed by atoms with Gasteiger partial charge in [-0.1, -0.05) is 11.6 Å². The molecule has 1 atom stereocenters. The van der Waals surface area contributed by atoms with Crippen molar-refractivity contribution >= 4 is 34.9 Å². The van der Waals surface area contributed by atoms with E-state index in [0.717, 1.165) is 12.1 Å². The third-order valence-corrected chi connectivity index (χ3v) is 4.70. The fourth-order valence-electron chi connectivity index (χ4n) is 2.82. The molecular weight excluding hydrogens is 477 g/mol. The van der Waals surface area contributed by atoms with Gasteiger partial charge in [-0.25, -0.2) is 4.79 Å². The Morgan fingerprint density at radius 3 is 2.32 bits per heavy atom. The third kappa shape index (κ3) is 6.83. The van der Waals surface area contributed by atoms with Crippen LogP contribution in [0.15, 0.2) is 60.8 Å². The van der Waals surface area contributed by atoms with E-state index in [9.17, 15) is 27.9 Å². The van der Waals surface area contributed by atoms with Gasteiger partial charge in [-0.3, -0.25) is 9.78 Å². The second kappa shape index (κ2) is 10.4. The predicted octanol–water partition coefficient (Wildman–Crippen LogP) is 5.10. The molecule has 1 heterocycles. The van der Waals surface area contributed by atoms with Crippen molar-refractivity contribution in [2.24, 2.45) is 5.73 Å². The predicted molar refractivity (Wildman–Crippen MR) is 119 cm³/mol. The van der Waals surface area contributed by atoms with Crippen LogP contribution in [0.4, 0.5) is 29.3 Å². The van der Waals surface area contributed by atoms with Gasteiger partial charge in [-0.15, -0.1) is 0 Å². The number of nitrogens with two attached hydrogens (primary N) is 1. The Morgan fingerprint density at radius 1 is 1.03 bits per heavy atom. The van der Waals surface area contributed by atoms with Crippen LogP contribution in [0.5, 0.6) is 11.5 Å². The van der Waals surface area contributed by atoms with E-state index < -0.39 is 34.8 Å². The average molecular weight is 495 g/mol. The van der Waals surface area contributed by atoms with Crippen LogP contribution in [0.25, 0.3) is 0 Å². The molecule has 34 heavy (non-hydrogen) atoms. The van der Waals surface area contributed by atoms with Crippen molar-refractivity contribution in [2.75, 3.05) is 10.6 Å². The minimum Gasteiger partial charge on any atom is -0.457 e. The highest BCUT2D eigenvalue weighted by Gasteiger charge is 2.33. The van der Waals surface area contributed by atoms with Crippen LogP contribution in [-0.4, -0.2) is 22.0 Å². The summed E-state index contributed by atoms with van der Waals surface area (Å²) in [5, 5.41) is 14.3. The summed E-state index contributed by atoms with van der Waals surface area (Å²) in [5.74, 6) is 0.0554. The van der Waals surface area contributed by atoms with Crippen LogP contribution >= 0.6 is 11.6 Å². The number of ether oxygens (including phenoxy) is 1. The molecule has 0 fully saturated rings. The number of anilines is 2. The van der Waals surface area contributed by atoms with Gasteiger partial charge < -0.3 is 26.2 Å². The van der Waals surface area contributed by atoms with Crippen LogP contribution in [0.2, 0.25) is 5.02 Å². The van der Waals surface area contributed by atoms with E-state index in [4.69, 9.17) is 22.1 Å². The van der Waals surface area contributed by atoms with Gasteiger partial charge in [0.25, 0.3) is 0 Å². The number of primary amides is 1. The topological polar surface area (TPSA) is 127 Å². The number of pyridine rings is 1. The molecule has 3 rings (SSSR count). The molecule has 178 valence electrons. The molecule has 2 aromatic carbocycles. The van der Waals surface area contributed by atoms with Crippen molar-refractivity contribution in [3.8, 4) is 11.5 Å². The number of urea groups is 1. The number of halogens is 4. The lowest BCUT2D eigenvalue weighted by atomic mass is 10.1. The standard InChI is InChI=1S/C22H18ClF3N4O4/c23-17-6-3-13(9-16(17)22(24,25)26)30-21(33)29-12-1-4-14(5-2-12)34-15-7-8-28-18(10-15)19(31)11-20(27)32/h1-10,19,31H,11H2,(H2,27,32)(H2,29,30,33). The van der Waals surface area contributed by atoms with Crippen molar-refractivity contribution in [3.05, 3.63) is 77.1 Å². The Hall–Kier alpha value is -3.83. The summed E-state index contributed by atoms with van der Waals surface area (Å²) in [7, 11) is 0. The van der Waals surface area contributed by atoms with Gasteiger partial charge in [0, 0.05) is 23.6 Å². The highest BCUT2D eigenvalue weighted by Crippen LogP contribution is 2.36. The lowest BCUT2D eigenvalue weighted by Gasteiger charge is -2.13. The minimum atomic E-state index is -4.66. The van der Waals surface area contributed by atoms with Crippen LogP contribution in [0.1, 0.15) is 23.8 Å². The van der Waals surface area contributed by atoms with Crippen molar-refractivity contribution in [1.29, 1.82) is 0 Å². The number of alkyl halides is 3. The van der Waals surface area contributed by atoms with Gasteiger partial charge in [0.05, 0.1) is 22.7 Å². The molecule has 3 amide bonds. The molecule has 0 bridgehead atoms. The Morgan fingerprint density at radius 2 is 1.68 bits per heavy atom. The zero-order chi connectivity index (χ0) is 24.9. The number of aliphatic hydroxyl groups is 1. The van der Waals surface area contributed by atoms with Crippen molar-refractivity contribution < 1.29 is 32.6 Å². The molecule has 0 aliphatic heterocycles. The molecule has 3 aromatic rings. The van der Waals surface area contributed by atoms with Crippen molar-refractivity contribution in [3.63, 3.8) is 0 Å². The number of aromatic nitrogens is 1. The number of hydrogen-bond acceptors (Lipinski definition) is 5. The molecular formula is C22H18ClF3N4O4. The van der Waals surface area contributed by atoms with Crippen molar-refractivity contribution in [2.45, 2.75) is 18.7 Å². The largest absolute Gasteiger partial charge is 0.457 e. The van der Waals surface area contributed by atoms with Gasteiger partial charge >= 0.3 is 12.2 Å². The highest BCUT2D eigenvalue weighted by molar-refractivity contribution is 6.31. The van der Waals surface area contributed by atoms with E-state index in [1.165, 1.54) is 30.5 Å². The van der Waals surface area contributed by atoms with Crippen LogP contribution in [0, 0.1) is 0 Å². The Balaban J connectivity index is 1.61. The first-order valence-corrected chi connectivity index (χ1v) is 10.0. The summed E-state index contributed by atoms with van der Waals surface area (Å²) in [6, 6.07) is 11.4. The first-order chi connectivity index (χ1) is 16.0. The Bertz CT molecular complexity index is 1190. The SMILES string of the molecule is NC(=O)CC(O)c1cc(Oc2ccc(NC(=O)Nc3ccc(Cl)c(C(F)(F)F)c3)cc2)ccn1. The Labute approximate surface area is 196 Å². The second-order valence-corrected chi connectivity index (χ2v) is 7.41. The molecule has 0 aliphatic carbocycles. The maximum absolute atomic E-state index is 13.0. The maximum Gasteiger partial charge on any atom is 0.417 e. The van der Waals surface area contributed by atoms with Gasteiger partial charge in [0.1, 0.15) is 17.6 Å². The molecule has 0 aliphatic rings. The summed E-state index contributed by atoms with van der Waals surface area (Å²) in [5.41, 5.74) is 4.49. The molecule has 0 saturated heterocycles. The number of nitrogens with zero attached hydrogens (tertiary/aromatic N) is 1. The van der Waals surface area contributed by atoms with Crippen LogP contribution in [-0.2, 0) is 11.0 Å². The number of carbonyl (C=O) groups is 2. The van der Waals surface area contributed by atoms with Crippen LogP contribution in [0.3, 0.4) is 0 Å². The zero-order valence-corrected chi connectivity index (χ0v) is 18.0. The summed E-state index contributed by atoms with van der Waals surface area (Å²) in [6.45, 7) is 0. The third-order valence-electron chi connectivity index (χ3n) is 4.37. The Kier molecular flexibility index (Phi) is 7.59. The first kappa shape index (κ1) is 24.8. The minimum absolute atomic E-state index is 0.0822. The van der Waals surface area contributed by atoms with Crippen LogP contribution < -0.4 is 21.1 Å². The molecule has 12 heteroatoms. The van der Waals surface area contributed by atoms with E-state index in [2.05, 4.69) is 15.6 Å². The molecule has 5 N–H and O–H groups in total. The number of rotatable bonds is 7. The maximum atomic E-state index is 13.0. The number of amides is 3. The van der Waals surface area contributed by atoms with Crippen molar-refractivity contribution in [1.82, 2.24) is 4.98 Å². The number of benzene rings is 2. The fourth-order valence-corrected chi connectivity index (χ4v) is 3.05. The molecule has 1 aromatic heterocycles. The normalized spacial score (nSPS) is 12.0. The van der Waals surface area contributed by atoms with E-state index in [0.29, 0.717) is 17.2 Å². The molecule has 0 spiro atoms. The van der Waals surface area contributed by atoms with Gasteiger partial charge in [0.15, 0.2) is 0 Å². The lowest BCUT2D eigenvalue weighted by Crippen LogP contribution is -2.19. The van der Waals surface area contributed by atoms with Gasteiger partial charge in [0.2, 0.25) is 5.91 Å². The first-order valence-electron chi connectivity index (χ1n) is 9.66. The van der Waals surface area contributed by atoms with E-state index in [1.807, 2.05) is 0 Å². The average Bonchev–Trinajstić information content (AvgIpc) is 2.75. The van der Waals surface area contributed by atoms with Gasteiger partial charge in [-0.05, 0) is 48.5 Å². The number of aliphatic hydroxyl groups excluding tert-OH is 1. The monoisotopic (exact) mass is 494 g/mol. The zero-order valence-electron chi connectivity index (χ0n) is 17.3. The second-order valence-electron chi connectivity index (χ2n) is 7.00. The highest BCUT2D eigenvalue weighted by atomic mass is 35.5. The van der Waals surface area contributed by atoms with E-state index in [1.54, 1.807) is 18.2 Å². The van der Waals surface area contributed by atoms with E-state index in [-0.39, 0.29) is 17.8 Å². The number of hydrogen-bond donors (Lipinski definition) is 4. The number of carbonyl (C=O) groups excluding carboxylic acids is 2. The summed E-state index contributed by atoms with van der Waals surface area (Å²) >= 11 is 5.57. The molecule has 1 unspecified atom stereocenters. The number of nitrogens with one attached hydrogen (secondary N) is 2. The summed E-state index contributed by atoms with van der Waals surface area (Å²) in [4.78, 5) is 27.1.